The van der Waals surface area contributed by atoms with Crippen molar-refractivity contribution in [2.75, 3.05) is 0 Å². The Morgan fingerprint density at radius 1 is 1.00 bits per heavy atom. The van der Waals surface area contributed by atoms with Crippen molar-refractivity contribution in [2.45, 2.75) is 57.0 Å². The maximum Gasteiger partial charge on any atom is 0.326 e. The molecule has 1 aromatic carbocycles. The molecular formula is C22H30N6O6. The van der Waals surface area contributed by atoms with Crippen LogP contribution in [0.2, 0.25) is 0 Å². The molecule has 0 saturated carbocycles. The van der Waals surface area contributed by atoms with E-state index in [9.17, 15) is 29.4 Å². The number of hydrogen-bond donors (Lipinski definition) is 7. The molecule has 12 heteroatoms. The zero-order valence-electron chi connectivity index (χ0n) is 18.9. The van der Waals surface area contributed by atoms with E-state index in [0.29, 0.717) is 5.69 Å². The van der Waals surface area contributed by atoms with Gasteiger partial charge in [-0.15, -0.1) is 0 Å². The summed E-state index contributed by atoms with van der Waals surface area (Å²) in [5.41, 5.74) is 7.26. The van der Waals surface area contributed by atoms with Crippen LogP contribution >= 0.6 is 0 Å². The highest BCUT2D eigenvalue weighted by Gasteiger charge is 2.31. The van der Waals surface area contributed by atoms with Crippen molar-refractivity contribution in [2.24, 2.45) is 5.73 Å². The van der Waals surface area contributed by atoms with Gasteiger partial charge in [0, 0.05) is 18.3 Å². The average Bonchev–Trinajstić information content (AvgIpc) is 3.30. The van der Waals surface area contributed by atoms with Crippen LogP contribution in [0.1, 0.15) is 25.1 Å². The fourth-order valence-corrected chi connectivity index (χ4v) is 3.11. The third-order valence-corrected chi connectivity index (χ3v) is 5.04. The van der Waals surface area contributed by atoms with Gasteiger partial charge in [0.1, 0.15) is 18.1 Å². The number of nitrogens with two attached hydrogens (primary N) is 1. The first kappa shape index (κ1) is 26.5. The van der Waals surface area contributed by atoms with E-state index in [2.05, 4.69) is 25.9 Å². The van der Waals surface area contributed by atoms with Crippen molar-refractivity contribution in [1.82, 2.24) is 25.9 Å². The molecule has 2 aromatic rings. The van der Waals surface area contributed by atoms with Crippen LogP contribution in [0.4, 0.5) is 0 Å². The van der Waals surface area contributed by atoms with E-state index in [4.69, 9.17) is 5.73 Å². The first-order valence-corrected chi connectivity index (χ1v) is 10.7. The van der Waals surface area contributed by atoms with Gasteiger partial charge in [-0.1, -0.05) is 30.3 Å². The number of aliphatic carboxylic acids is 1. The van der Waals surface area contributed by atoms with Gasteiger partial charge in [-0.25, -0.2) is 9.78 Å². The van der Waals surface area contributed by atoms with E-state index in [1.807, 2.05) is 30.3 Å². The number of benzene rings is 1. The summed E-state index contributed by atoms with van der Waals surface area (Å²) in [5.74, 6) is -3.50. The standard InChI is InChI=1S/C22H30N6O6/c1-12(26-20(31)16(23)8-14-6-4-3-5-7-14)19(30)28-18(13(2)29)21(32)27-17(22(33)34)9-15-10-24-11-25-15/h3-7,10-13,16-18,29H,8-9,23H2,1-2H3,(H,24,25)(H,26,31)(H,27,32)(H,28,30)(H,33,34). The number of carbonyl (C=O) groups excluding carboxylic acids is 3. The fraction of sp³-hybridized carbons (Fsp3) is 0.409. The molecule has 3 amide bonds. The SMILES string of the molecule is CC(NC(=O)C(N)Cc1ccccc1)C(=O)NC(C(=O)NC(Cc1cnc[nH]1)C(=O)O)C(C)O. The number of aliphatic hydroxyl groups excluding tert-OH is 1. The van der Waals surface area contributed by atoms with Crippen molar-refractivity contribution in [3.05, 3.63) is 54.1 Å². The first-order valence-electron chi connectivity index (χ1n) is 10.7. The Bertz CT molecular complexity index is 966. The van der Waals surface area contributed by atoms with Crippen LogP contribution in [-0.2, 0) is 32.0 Å². The number of carbonyl (C=O) groups is 4. The quantitative estimate of drug-likeness (QED) is 0.192. The molecule has 8 N–H and O–H groups in total. The van der Waals surface area contributed by atoms with E-state index >= 15 is 0 Å². The van der Waals surface area contributed by atoms with Crippen LogP contribution in [0.25, 0.3) is 0 Å². The molecule has 0 spiro atoms. The van der Waals surface area contributed by atoms with Gasteiger partial charge in [0.25, 0.3) is 0 Å². The predicted octanol–water partition coefficient (Wildman–Crippen LogP) is -1.54. The summed E-state index contributed by atoms with van der Waals surface area (Å²) in [7, 11) is 0. The highest BCUT2D eigenvalue weighted by atomic mass is 16.4. The molecule has 0 fully saturated rings. The maximum atomic E-state index is 12.6. The highest BCUT2D eigenvalue weighted by molar-refractivity contribution is 5.94. The predicted molar refractivity (Wildman–Crippen MR) is 121 cm³/mol. The van der Waals surface area contributed by atoms with Gasteiger partial charge in [0.15, 0.2) is 0 Å². The Labute approximate surface area is 196 Å². The lowest BCUT2D eigenvalue weighted by Gasteiger charge is -2.25. The lowest BCUT2D eigenvalue weighted by molar-refractivity contribution is -0.143. The lowest BCUT2D eigenvalue weighted by Crippen LogP contribution is -2.59. The summed E-state index contributed by atoms with van der Waals surface area (Å²) in [6, 6.07) is 4.40. The van der Waals surface area contributed by atoms with Crippen molar-refractivity contribution >= 4 is 23.7 Å². The Morgan fingerprint density at radius 2 is 1.68 bits per heavy atom. The molecule has 1 aromatic heterocycles. The second-order valence-electron chi connectivity index (χ2n) is 7.93. The number of carboxylic acids is 1. The van der Waals surface area contributed by atoms with E-state index in [1.165, 1.54) is 26.4 Å². The molecular weight excluding hydrogens is 444 g/mol. The van der Waals surface area contributed by atoms with Crippen LogP contribution in [-0.4, -0.2) is 74.1 Å². The third kappa shape index (κ3) is 7.98. The Balaban J connectivity index is 1.94. The minimum absolute atomic E-state index is 0.0761. The minimum atomic E-state index is -1.45. The van der Waals surface area contributed by atoms with Crippen molar-refractivity contribution in [1.29, 1.82) is 0 Å². The van der Waals surface area contributed by atoms with Crippen molar-refractivity contribution in [3.63, 3.8) is 0 Å². The summed E-state index contributed by atoms with van der Waals surface area (Å²) in [6.45, 7) is 2.67. The summed E-state index contributed by atoms with van der Waals surface area (Å²) in [4.78, 5) is 55.7. The molecule has 2 rings (SSSR count). The molecule has 34 heavy (non-hydrogen) atoms. The second kappa shape index (κ2) is 12.5. The monoisotopic (exact) mass is 474 g/mol. The number of nitrogens with zero attached hydrogens (tertiary/aromatic N) is 1. The van der Waals surface area contributed by atoms with Crippen molar-refractivity contribution < 1.29 is 29.4 Å². The highest BCUT2D eigenvalue weighted by Crippen LogP contribution is 2.04. The third-order valence-electron chi connectivity index (χ3n) is 5.04. The number of imidazole rings is 1. The topological polar surface area (TPSA) is 200 Å². The van der Waals surface area contributed by atoms with Crippen LogP contribution in [0, 0.1) is 0 Å². The van der Waals surface area contributed by atoms with Crippen LogP contribution < -0.4 is 21.7 Å². The Morgan fingerprint density at radius 3 is 2.24 bits per heavy atom. The van der Waals surface area contributed by atoms with E-state index in [0.717, 1.165) is 5.56 Å². The summed E-state index contributed by atoms with van der Waals surface area (Å²) in [5, 5.41) is 26.5. The number of nitrogens with one attached hydrogen (secondary N) is 4. The van der Waals surface area contributed by atoms with E-state index in [-0.39, 0.29) is 12.8 Å². The largest absolute Gasteiger partial charge is 0.480 e. The molecule has 5 atom stereocenters. The number of H-pyrrole nitrogens is 1. The molecule has 0 bridgehead atoms. The number of amides is 3. The Hall–Kier alpha value is -3.77. The van der Waals surface area contributed by atoms with Gasteiger partial charge in [-0.2, -0.15) is 0 Å². The number of aliphatic hydroxyl groups is 1. The smallest absolute Gasteiger partial charge is 0.326 e. The second-order valence-corrected chi connectivity index (χ2v) is 7.93. The summed E-state index contributed by atoms with van der Waals surface area (Å²) in [6.07, 6.45) is 1.65. The number of hydrogen-bond acceptors (Lipinski definition) is 7. The van der Waals surface area contributed by atoms with E-state index < -0.39 is 54.0 Å². The lowest BCUT2D eigenvalue weighted by atomic mass is 10.1. The molecule has 0 saturated heterocycles. The van der Waals surface area contributed by atoms with Crippen molar-refractivity contribution in [3.8, 4) is 0 Å². The molecule has 0 aliphatic rings. The number of carboxylic acid groups (broad SMARTS) is 1. The van der Waals surface area contributed by atoms with E-state index in [1.54, 1.807) is 0 Å². The summed E-state index contributed by atoms with van der Waals surface area (Å²) < 4.78 is 0. The zero-order valence-corrected chi connectivity index (χ0v) is 18.9. The van der Waals surface area contributed by atoms with Gasteiger partial charge in [-0.3, -0.25) is 14.4 Å². The summed E-state index contributed by atoms with van der Waals surface area (Å²) >= 11 is 0. The molecule has 0 aliphatic carbocycles. The maximum absolute atomic E-state index is 12.6. The number of aromatic amines is 1. The molecule has 0 aliphatic heterocycles. The van der Waals surface area contributed by atoms with Gasteiger partial charge < -0.3 is 36.9 Å². The average molecular weight is 475 g/mol. The minimum Gasteiger partial charge on any atom is -0.480 e. The first-order chi connectivity index (χ1) is 16.1. The zero-order chi connectivity index (χ0) is 25.3. The van der Waals surface area contributed by atoms with Gasteiger partial charge in [0.05, 0.1) is 18.5 Å². The number of rotatable bonds is 12. The molecule has 1 heterocycles. The number of aromatic nitrogens is 2. The Kier molecular flexibility index (Phi) is 9.71. The van der Waals surface area contributed by atoms with Gasteiger partial charge in [-0.05, 0) is 25.8 Å². The van der Waals surface area contributed by atoms with Crippen LogP contribution in [0.3, 0.4) is 0 Å². The molecule has 184 valence electrons. The van der Waals surface area contributed by atoms with Gasteiger partial charge >= 0.3 is 5.97 Å². The van der Waals surface area contributed by atoms with Gasteiger partial charge in [0.2, 0.25) is 17.7 Å². The molecule has 5 unspecified atom stereocenters. The molecule has 0 radical (unpaired) electrons. The molecule has 12 nitrogen and oxygen atoms in total. The fourth-order valence-electron chi connectivity index (χ4n) is 3.11. The van der Waals surface area contributed by atoms with Crippen LogP contribution in [0.5, 0.6) is 0 Å². The van der Waals surface area contributed by atoms with Crippen LogP contribution in [0.15, 0.2) is 42.9 Å². The normalized spacial score (nSPS) is 15.3.